The monoisotopic (exact) mass is 307 g/mol. The zero-order valence-corrected chi connectivity index (χ0v) is 12.8. The van der Waals surface area contributed by atoms with Crippen LogP contribution in [0.25, 0.3) is 0 Å². The fraction of sp³-hybridized carbons (Fsp3) is 0.588. The van der Waals surface area contributed by atoms with Gasteiger partial charge in [0.15, 0.2) is 0 Å². The Morgan fingerprint density at radius 3 is 2.77 bits per heavy atom. The van der Waals surface area contributed by atoms with E-state index in [9.17, 15) is 14.3 Å². The van der Waals surface area contributed by atoms with Gasteiger partial charge in [-0.2, -0.15) is 0 Å². The lowest BCUT2D eigenvalue weighted by atomic mass is 9.82. The van der Waals surface area contributed by atoms with E-state index in [-0.39, 0.29) is 11.7 Å². The first-order chi connectivity index (χ1) is 10.5. The van der Waals surface area contributed by atoms with Crippen LogP contribution in [0.5, 0.6) is 0 Å². The highest BCUT2D eigenvalue weighted by atomic mass is 19.1. The van der Waals surface area contributed by atoms with E-state index in [1.807, 2.05) is 0 Å². The fourth-order valence-electron chi connectivity index (χ4n) is 3.39. The summed E-state index contributed by atoms with van der Waals surface area (Å²) in [5, 5.41) is 10.2. The number of piperidine rings is 1. The summed E-state index contributed by atoms with van der Waals surface area (Å²) in [6.45, 7) is 3.42. The molecule has 0 aliphatic carbocycles. The van der Waals surface area contributed by atoms with Crippen molar-refractivity contribution in [3.05, 3.63) is 35.1 Å². The van der Waals surface area contributed by atoms with E-state index in [2.05, 4.69) is 0 Å². The number of nitrogens with zero attached hydrogens (tertiary/aromatic N) is 1. The van der Waals surface area contributed by atoms with E-state index in [4.69, 9.17) is 4.74 Å². The summed E-state index contributed by atoms with van der Waals surface area (Å²) >= 11 is 0. The van der Waals surface area contributed by atoms with E-state index in [0.29, 0.717) is 43.7 Å². The standard InChI is InChI=1S/C17H22FNO3/c1-12-4-5-13(11-14(12)18)16(21)19-8-6-17(7-9-19)15(20)3-2-10-22-17/h4-5,11,15,20H,2-3,6-10H2,1H3/t15-/m1/s1. The second kappa shape index (κ2) is 5.97. The van der Waals surface area contributed by atoms with Crippen molar-refractivity contribution in [1.29, 1.82) is 0 Å². The van der Waals surface area contributed by atoms with E-state index in [0.717, 1.165) is 12.8 Å². The lowest BCUT2D eigenvalue weighted by Crippen LogP contribution is -2.56. The van der Waals surface area contributed by atoms with E-state index in [1.54, 1.807) is 24.0 Å². The van der Waals surface area contributed by atoms with Crippen LogP contribution in [0.4, 0.5) is 4.39 Å². The van der Waals surface area contributed by atoms with Crippen LogP contribution in [-0.4, -0.2) is 47.3 Å². The Hall–Kier alpha value is -1.46. The van der Waals surface area contributed by atoms with Gasteiger partial charge in [0.25, 0.3) is 5.91 Å². The zero-order valence-electron chi connectivity index (χ0n) is 12.8. The summed E-state index contributed by atoms with van der Waals surface area (Å²) in [5.41, 5.74) is 0.421. The third-order valence-corrected chi connectivity index (χ3v) is 4.93. The Labute approximate surface area is 129 Å². The van der Waals surface area contributed by atoms with Crippen LogP contribution in [0.3, 0.4) is 0 Å². The van der Waals surface area contributed by atoms with Crippen LogP contribution in [0.15, 0.2) is 18.2 Å². The number of halogens is 1. The Balaban J connectivity index is 1.68. The third kappa shape index (κ3) is 2.75. The molecule has 22 heavy (non-hydrogen) atoms. The van der Waals surface area contributed by atoms with Gasteiger partial charge in [0.05, 0.1) is 11.7 Å². The number of aliphatic hydroxyl groups excluding tert-OH is 1. The van der Waals surface area contributed by atoms with Crippen molar-refractivity contribution in [3.8, 4) is 0 Å². The Bertz CT molecular complexity index is 567. The molecule has 5 heteroatoms. The molecule has 120 valence electrons. The first-order valence-corrected chi connectivity index (χ1v) is 7.89. The number of likely N-dealkylation sites (tertiary alicyclic amines) is 1. The van der Waals surface area contributed by atoms with Crippen molar-refractivity contribution in [2.24, 2.45) is 0 Å². The topological polar surface area (TPSA) is 49.8 Å². The minimum Gasteiger partial charge on any atom is -0.390 e. The van der Waals surface area contributed by atoms with Gasteiger partial charge in [0.1, 0.15) is 5.82 Å². The molecular formula is C17H22FNO3. The van der Waals surface area contributed by atoms with E-state index >= 15 is 0 Å². The molecule has 0 aromatic heterocycles. The summed E-state index contributed by atoms with van der Waals surface area (Å²) in [5.74, 6) is -0.510. The molecule has 2 saturated heterocycles. The third-order valence-electron chi connectivity index (χ3n) is 4.93. The largest absolute Gasteiger partial charge is 0.390 e. The summed E-state index contributed by atoms with van der Waals surface area (Å²) in [6.07, 6.45) is 2.46. The molecule has 1 aromatic rings. The van der Waals surface area contributed by atoms with Gasteiger partial charge in [0, 0.05) is 25.3 Å². The van der Waals surface area contributed by atoms with Gasteiger partial charge in [-0.3, -0.25) is 4.79 Å². The zero-order chi connectivity index (χ0) is 15.7. The summed E-state index contributed by atoms with van der Waals surface area (Å²) in [7, 11) is 0. The molecule has 0 saturated carbocycles. The average molecular weight is 307 g/mol. The molecule has 0 bridgehead atoms. The molecule has 2 fully saturated rings. The van der Waals surface area contributed by atoms with Gasteiger partial charge in [-0.05, 0) is 50.3 Å². The van der Waals surface area contributed by atoms with Gasteiger partial charge in [-0.1, -0.05) is 6.07 Å². The fourth-order valence-corrected chi connectivity index (χ4v) is 3.39. The van der Waals surface area contributed by atoms with Crippen molar-refractivity contribution in [3.63, 3.8) is 0 Å². The predicted molar refractivity (Wildman–Crippen MR) is 80.2 cm³/mol. The second-order valence-corrected chi connectivity index (χ2v) is 6.33. The van der Waals surface area contributed by atoms with E-state index in [1.165, 1.54) is 6.07 Å². The first-order valence-electron chi connectivity index (χ1n) is 7.89. The number of benzene rings is 1. The van der Waals surface area contributed by atoms with Crippen molar-refractivity contribution >= 4 is 5.91 Å². The molecule has 3 rings (SSSR count). The number of aliphatic hydroxyl groups is 1. The molecule has 1 aromatic carbocycles. The Morgan fingerprint density at radius 1 is 1.41 bits per heavy atom. The Kier molecular flexibility index (Phi) is 4.19. The minimum atomic E-state index is -0.493. The molecule has 0 radical (unpaired) electrons. The summed E-state index contributed by atoms with van der Waals surface area (Å²) < 4.78 is 19.5. The Morgan fingerprint density at radius 2 is 2.14 bits per heavy atom. The molecule has 1 atom stereocenters. The molecule has 1 N–H and O–H groups in total. The van der Waals surface area contributed by atoms with Crippen LogP contribution in [-0.2, 0) is 4.74 Å². The van der Waals surface area contributed by atoms with Crippen molar-refractivity contribution in [1.82, 2.24) is 4.90 Å². The summed E-state index contributed by atoms with van der Waals surface area (Å²) in [6, 6.07) is 4.59. The maximum absolute atomic E-state index is 13.6. The molecular weight excluding hydrogens is 285 g/mol. The number of hydrogen-bond acceptors (Lipinski definition) is 3. The van der Waals surface area contributed by atoms with Crippen molar-refractivity contribution in [2.45, 2.75) is 44.3 Å². The number of hydrogen-bond donors (Lipinski definition) is 1. The van der Waals surface area contributed by atoms with Gasteiger partial charge in [-0.25, -0.2) is 4.39 Å². The summed E-state index contributed by atoms with van der Waals surface area (Å²) in [4.78, 5) is 14.2. The SMILES string of the molecule is Cc1ccc(C(=O)N2CCC3(CC2)OCCC[C@H]3O)cc1F. The molecule has 2 aliphatic heterocycles. The number of amides is 1. The quantitative estimate of drug-likeness (QED) is 0.866. The van der Waals surface area contributed by atoms with Crippen LogP contribution in [0.1, 0.15) is 41.6 Å². The first kappa shape index (κ1) is 15.4. The molecule has 0 unspecified atom stereocenters. The predicted octanol–water partition coefficient (Wildman–Crippen LogP) is 2.28. The highest BCUT2D eigenvalue weighted by Gasteiger charge is 2.44. The van der Waals surface area contributed by atoms with Crippen molar-refractivity contribution in [2.75, 3.05) is 19.7 Å². The second-order valence-electron chi connectivity index (χ2n) is 6.33. The maximum atomic E-state index is 13.6. The molecule has 2 aliphatic rings. The smallest absolute Gasteiger partial charge is 0.253 e. The minimum absolute atomic E-state index is 0.154. The number of ether oxygens (including phenoxy) is 1. The van der Waals surface area contributed by atoms with Crippen LogP contribution >= 0.6 is 0 Å². The molecule has 1 amide bonds. The molecule has 1 spiro atoms. The average Bonchev–Trinajstić information content (AvgIpc) is 2.53. The maximum Gasteiger partial charge on any atom is 0.253 e. The van der Waals surface area contributed by atoms with Gasteiger partial charge in [-0.15, -0.1) is 0 Å². The number of carbonyl (C=O) groups is 1. The van der Waals surface area contributed by atoms with Gasteiger partial charge in [0.2, 0.25) is 0 Å². The van der Waals surface area contributed by atoms with E-state index < -0.39 is 11.7 Å². The number of aryl methyl sites for hydroxylation is 1. The number of carbonyl (C=O) groups excluding carboxylic acids is 1. The van der Waals surface area contributed by atoms with Crippen LogP contribution in [0, 0.1) is 12.7 Å². The van der Waals surface area contributed by atoms with Crippen LogP contribution in [0.2, 0.25) is 0 Å². The molecule has 2 heterocycles. The lowest BCUT2D eigenvalue weighted by Gasteiger charge is -2.46. The normalized spacial score (nSPS) is 24.5. The van der Waals surface area contributed by atoms with Gasteiger partial charge < -0.3 is 14.7 Å². The number of rotatable bonds is 1. The van der Waals surface area contributed by atoms with Crippen molar-refractivity contribution < 1.29 is 19.0 Å². The highest BCUT2D eigenvalue weighted by molar-refractivity contribution is 5.94. The van der Waals surface area contributed by atoms with Gasteiger partial charge >= 0.3 is 0 Å². The van der Waals surface area contributed by atoms with Crippen LogP contribution < -0.4 is 0 Å². The highest BCUT2D eigenvalue weighted by Crippen LogP contribution is 2.35. The lowest BCUT2D eigenvalue weighted by molar-refractivity contribution is -0.174. The molecule has 4 nitrogen and oxygen atoms in total.